The van der Waals surface area contributed by atoms with Crippen LogP contribution in [0.15, 0.2) is 59.5 Å². The van der Waals surface area contributed by atoms with Gasteiger partial charge in [-0.1, -0.05) is 24.3 Å². The van der Waals surface area contributed by atoms with Crippen molar-refractivity contribution in [2.24, 2.45) is 0 Å². The molecule has 0 saturated heterocycles. The second-order valence-electron chi connectivity index (χ2n) is 7.23. The van der Waals surface area contributed by atoms with Crippen molar-refractivity contribution in [3.8, 4) is 0 Å². The molecule has 4 rings (SSSR count). The van der Waals surface area contributed by atoms with E-state index < -0.39 is 34.9 Å². The molecule has 0 spiro atoms. The van der Waals surface area contributed by atoms with Crippen molar-refractivity contribution in [2.45, 2.75) is 41.5 Å². The quantitative estimate of drug-likeness (QED) is 0.681. The van der Waals surface area contributed by atoms with Crippen molar-refractivity contribution in [1.29, 1.82) is 0 Å². The molecule has 5 nitrogen and oxygen atoms in total. The van der Waals surface area contributed by atoms with E-state index in [1.807, 2.05) is 12.2 Å². The van der Waals surface area contributed by atoms with E-state index in [1.54, 1.807) is 29.2 Å². The normalized spacial score (nSPS) is 23.6. The van der Waals surface area contributed by atoms with Crippen molar-refractivity contribution >= 4 is 29.4 Å². The Labute approximate surface area is 176 Å². The number of halogens is 2. The Hall–Kier alpha value is -2.87. The molecule has 2 aromatic rings. The lowest BCUT2D eigenvalue weighted by molar-refractivity contribution is -0.120. The molecule has 156 valence electrons. The summed E-state index contributed by atoms with van der Waals surface area (Å²) in [6.07, 6.45) is 5.11. The number of rotatable bonds is 3. The first kappa shape index (κ1) is 20.4. The highest BCUT2D eigenvalue weighted by Crippen LogP contribution is 2.47. The van der Waals surface area contributed by atoms with Crippen LogP contribution in [0.25, 0.3) is 0 Å². The van der Waals surface area contributed by atoms with Gasteiger partial charge in [0.05, 0.1) is 17.0 Å². The molecule has 0 radical (unpaired) electrons. The topological polar surface area (TPSA) is 69.6 Å². The molecular weight excluding hydrogens is 410 g/mol. The van der Waals surface area contributed by atoms with Crippen molar-refractivity contribution in [3.05, 3.63) is 71.8 Å². The number of carbonyl (C=O) groups is 2. The van der Waals surface area contributed by atoms with E-state index in [0.717, 1.165) is 49.2 Å². The molecule has 0 aromatic heterocycles. The Morgan fingerprint density at radius 2 is 2.00 bits per heavy atom. The van der Waals surface area contributed by atoms with Crippen LogP contribution in [0.1, 0.15) is 30.1 Å². The standard InChI is InChI=1S/C22H20F2N2O3S/c23-13-10-11-16(24)15(12-13)20-19(25-22(28)29)21(27)26(14-6-2-1-3-7-14)17-8-4-5-9-18(17)30-20/h2,4-6,8-12,14,19-20,25H,1,3,7H2,(H,28,29). The minimum Gasteiger partial charge on any atom is -0.465 e. The largest absolute Gasteiger partial charge is 0.465 e. The SMILES string of the molecule is O=C(O)NC1C(=O)N(C2C=CCCC2)c2ccccc2SC1c1cc(F)ccc1F. The van der Waals surface area contributed by atoms with Crippen LogP contribution in [0.2, 0.25) is 0 Å². The molecule has 30 heavy (non-hydrogen) atoms. The summed E-state index contributed by atoms with van der Waals surface area (Å²) >= 11 is 1.16. The highest BCUT2D eigenvalue weighted by Gasteiger charge is 2.42. The molecule has 2 N–H and O–H groups in total. The lowest BCUT2D eigenvalue weighted by Crippen LogP contribution is -2.53. The van der Waals surface area contributed by atoms with Gasteiger partial charge in [-0.15, -0.1) is 11.8 Å². The van der Waals surface area contributed by atoms with Gasteiger partial charge in [0.25, 0.3) is 5.91 Å². The van der Waals surface area contributed by atoms with Gasteiger partial charge in [-0.25, -0.2) is 13.6 Å². The number of thioether (sulfide) groups is 1. The number of amides is 2. The van der Waals surface area contributed by atoms with Crippen LogP contribution < -0.4 is 10.2 Å². The molecule has 8 heteroatoms. The van der Waals surface area contributed by atoms with Gasteiger partial charge in [0.1, 0.15) is 17.7 Å². The van der Waals surface area contributed by atoms with Crippen LogP contribution in [0.3, 0.4) is 0 Å². The minimum absolute atomic E-state index is 0.0528. The maximum Gasteiger partial charge on any atom is 0.405 e. The molecule has 1 aliphatic carbocycles. The third kappa shape index (κ3) is 3.92. The summed E-state index contributed by atoms with van der Waals surface area (Å²) in [4.78, 5) is 27.5. The molecule has 1 aliphatic heterocycles. The fraction of sp³-hybridized carbons (Fsp3) is 0.273. The molecule has 0 saturated carbocycles. The number of nitrogens with zero attached hydrogens (tertiary/aromatic N) is 1. The van der Waals surface area contributed by atoms with E-state index in [9.17, 15) is 23.5 Å². The minimum atomic E-state index is -1.40. The summed E-state index contributed by atoms with van der Waals surface area (Å²) in [5, 5.41) is 10.7. The molecule has 3 atom stereocenters. The Kier molecular flexibility index (Phi) is 5.76. The van der Waals surface area contributed by atoms with Crippen molar-refractivity contribution in [2.75, 3.05) is 4.90 Å². The van der Waals surface area contributed by atoms with Crippen molar-refractivity contribution in [1.82, 2.24) is 5.32 Å². The third-order valence-corrected chi connectivity index (χ3v) is 6.67. The predicted octanol–water partition coefficient (Wildman–Crippen LogP) is 4.89. The van der Waals surface area contributed by atoms with Crippen LogP contribution in [0.5, 0.6) is 0 Å². The summed E-state index contributed by atoms with van der Waals surface area (Å²) in [5.41, 5.74) is 0.587. The van der Waals surface area contributed by atoms with E-state index >= 15 is 0 Å². The molecule has 2 amide bonds. The number of hydrogen-bond acceptors (Lipinski definition) is 3. The summed E-state index contributed by atoms with van der Waals surface area (Å²) in [6, 6.07) is 8.69. The van der Waals surface area contributed by atoms with E-state index in [-0.39, 0.29) is 11.6 Å². The van der Waals surface area contributed by atoms with Gasteiger partial charge in [0, 0.05) is 10.5 Å². The van der Waals surface area contributed by atoms with Crippen LogP contribution in [0.4, 0.5) is 19.3 Å². The van der Waals surface area contributed by atoms with Gasteiger partial charge in [-0.2, -0.15) is 0 Å². The highest BCUT2D eigenvalue weighted by molar-refractivity contribution is 7.99. The van der Waals surface area contributed by atoms with E-state index in [0.29, 0.717) is 10.6 Å². The molecule has 1 heterocycles. The smallest absolute Gasteiger partial charge is 0.405 e. The van der Waals surface area contributed by atoms with Gasteiger partial charge in [0.2, 0.25) is 0 Å². The number of fused-ring (bicyclic) bond motifs is 1. The Morgan fingerprint density at radius 1 is 1.20 bits per heavy atom. The van der Waals surface area contributed by atoms with Crippen LogP contribution in [-0.2, 0) is 4.79 Å². The van der Waals surface area contributed by atoms with Crippen LogP contribution >= 0.6 is 11.8 Å². The molecular formula is C22H20F2N2O3S. The summed E-state index contributed by atoms with van der Waals surface area (Å²) in [5.74, 6) is -1.83. The van der Waals surface area contributed by atoms with E-state index in [1.165, 1.54) is 0 Å². The Bertz CT molecular complexity index is 1010. The monoisotopic (exact) mass is 430 g/mol. The van der Waals surface area contributed by atoms with Crippen LogP contribution in [-0.4, -0.2) is 29.2 Å². The maximum atomic E-state index is 14.7. The second-order valence-corrected chi connectivity index (χ2v) is 8.42. The Balaban J connectivity index is 1.87. The zero-order chi connectivity index (χ0) is 21.3. The van der Waals surface area contributed by atoms with Gasteiger partial charge >= 0.3 is 6.09 Å². The number of benzene rings is 2. The average Bonchev–Trinajstić information content (AvgIpc) is 2.85. The van der Waals surface area contributed by atoms with Gasteiger partial charge in [-0.3, -0.25) is 4.79 Å². The summed E-state index contributed by atoms with van der Waals surface area (Å²) in [6.45, 7) is 0. The van der Waals surface area contributed by atoms with Gasteiger partial charge < -0.3 is 15.3 Å². The molecule has 2 aromatic carbocycles. The molecule has 3 unspecified atom stereocenters. The van der Waals surface area contributed by atoms with Crippen molar-refractivity contribution in [3.63, 3.8) is 0 Å². The number of nitrogens with one attached hydrogen (secondary N) is 1. The first-order valence-electron chi connectivity index (χ1n) is 9.65. The first-order valence-corrected chi connectivity index (χ1v) is 10.5. The van der Waals surface area contributed by atoms with Crippen molar-refractivity contribution < 1.29 is 23.5 Å². The third-order valence-electron chi connectivity index (χ3n) is 5.29. The number of carboxylic acid groups (broad SMARTS) is 1. The summed E-state index contributed by atoms with van der Waals surface area (Å²) in [7, 11) is 0. The average molecular weight is 430 g/mol. The fourth-order valence-electron chi connectivity index (χ4n) is 3.96. The zero-order valence-corrected chi connectivity index (χ0v) is 16.7. The number of carbonyl (C=O) groups excluding carboxylic acids is 1. The lowest BCUT2D eigenvalue weighted by atomic mass is 9.98. The van der Waals surface area contributed by atoms with Gasteiger partial charge in [-0.05, 0) is 49.6 Å². The van der Waals surface area contributed by atoms with E-state index in [2.05, 4.69) is 5.32 Å². The second kappa shape index (κ2) is 8.47. The zero-order valence-electron chi connectivity index (χ0n) is 15.9. The summed E-state index contributed by atoms with van der Waals surface area (Å²) < 4.78 is 28.6. The maximum absolute atomic E-state index is 14.7. The van der Waals surface area contributed by atoms with Crippen LogP contribution in [0, 0.1) is 11.6 Å². The van der Waals surface area contributed by atoms with E-state index in [4.69, 9.17) is 0 Å². The number of anilines is 1. The predicted molar refractivity (Wildman–Crippen MR) is 111 cm³/mol. The first-order chi connectivity index (χ1) is 14.5. The highest BCUT2D eigenvalue weighted by atomic mass is 32.2. The molecule has 0 fully saturated rings. The Morgan fingerprint density at radius 3 is 2.73 bits per heavy atom. The number of allylic oxidation sites excluding steroid dienone is 1. The fourth-order valence-corrected chi connectivity index (χ4v) is 5.30. The number of hydrogen-bond donors (Lipinski definition) is 2. The lowest BCUT2D eigenvalue weighted by Gasteiger charge is -2.34. The molecule has 0 bridgehead atoms. The molecule has 2 aliphatic rings. The van der Waals surface area contributed by atoms with Gasteiger partial charge in [0.15, 0.2) is 0 Å². The number of para-hydroxylation sites is 1.